The standard InChI is InChI=1S/C16H24N2O/c1-2-15(19-9-1)11-18(14-6-7-14)16-8-3-12(16)10-17-13-4-5-13/h1-2,9,12-14,16-17H,3-8,10-11H2. The first-order chi connectivity index (χ1) is 9.40. The molecule has 1 heterocycles. The second-order valence-corrected chi connectivity index (χ2v) is 6.57. The molecule has 0 radical (unpaired) electrons. The smallest absolute Gasteiger partial charge is 0.117 e. The monoisotopic (exact) mass is 260 g/mol. The van der Waals surface area contributed by atoms with E-state index in [0.29, 0.717) is 0 Å². The fraction of sp³-hybridized carbons (Fsp3) is 0.750. The molecule has 1 aromatic heterocycles. The van der Waals surface area contributed by atoms with Crippen LogP contribution in [0.2, 0.25) is 0 Å². The van der Waals surface area contributed by atoms with Crippen molar-refractivity contribution in [2.45, 2.75) is 63.2 Å². The molecule has 104 valence electrons. The van der Waals surface area contributed by atoms with Crippen molar-refractivity contribution in [2.24, 2.45) is 5.92 Å². The Morgan fingerprint density at radius 3 is 2.63 bits per heavy atom. The van der Waals surface area contributed by atoms with Gasteiger partial charge in [0.25, 0.3) is 0 Å². The lowest BCUT2D eigenvalue weighted by molar-refractivity contribution is 0.0431. The van der Waals surface area contributed by atoms with Gasteiger partial charge in [0.1, 0.15) is 5.76 Å². The third kappa shape index (κ3) is 2.72. The van der Waals surface area contributed by atoms with E-state index in [1.807, 2.05) is 6.07 Å². The number of nitrogens with zero attached hydrogens (tertiary/aromatic N) is 1. The van der Waals surface area contributed by atoms with Gasteiger partial charge in [0.2, 0.25) is 0 Å². The summed E-state index contributed by atoms with van der Waals surface area (Å²) in [5.41, 5.74) is 0. The van der Waals surface area contributed by atoms with Crippen molar-refractivity contribution >= 4 is 0 Å². The molecule has 0 spiro atoms. The van der Waals surface area contributed by atoms with Crippen LogP contribution in [0.15, 0.2) is 22.8 Å². The lowest BCUT2D eigenvalue weighted by Gasteiger charge is -2.44. The van der Waals surface area contributed by atoms with Crippen LogP contribution in [-0.4, -0.2) is 29.6 Å². The quantitative estimate of drug-likeness (QED) is 0.817. The van der Waals surface area contributed by atoms with E-state index in [0.717, 1.165) is 36.3 Å². The van der Waals surface area contributed by atoms with E-state index >= 15 is 0 Å². The molecule has 0 aromatic carbocycles. The molecule has 3 fully saturated rings. The van der Waals surface area contributed by atoms with E-state index in [4.69, 9.17) is 4.42 Å². The van der Waals surface area contributed by atoms with Gasteiger partial charge in [-0.25, -0.2) is 0 Å². The molecule has 4 rings (SSSR count). The minimum absolute atomic E-state index is 0.795. The molecule has 3 aliphatic carbocycles. The van der Waals surface area contributed by atoms with Crippen molar-refractivity contribution in [1.82, 2.24) is 10.2 Å². The van der Waals surface area contributed by atoms with Crippen LogP contribution in [0, 0.1) is 5.92 Å². The second-order valence-electron chi connectivity index (χ2n) is 6.57. The third-order valence-corrected chi connectivity index (χ3v) is 4.98. The van der Waals surface area contributed by atoms with Gasteiger partial charge < -0.3 is 9.73 Å². The van der Waals surface area contributed by atoms with Crippen LogP contribution in [0.3, 0.4) is 0 Å². The predicted octanol–water partition coefficient (Wildman–Crippen LogP) is 2.77. The van der Waals surface area contributed by atoms with Gasteiger partial charge in [0.05, 0.1) is 12.8 Å². The number of furan rings is 1. The van der Waals surface area contributed by atoms with Crippen molar-refractivity contribution in [3.05, 3.63) is 24.2 Å². The SMILES string of the molecule is c1coc(CN(C2CC2)C2CCC2CNC2CC2)c1. The van der Waals surface area contributed by atoms with Crippen LogP contribution >= 0.6 is 0 Å². The van der Waals surface area contributed by atoms with Gasteiger partial charge in [-0.15, -0.1) is 0 Å². The van der Waals surface area contributed by atoms with Crippen LogP contribution in [0.5, 0.6) is 0 Å². The summed E-state index contributed by atoms with van der Waals surface area (Å²) >= 11 is 0. The zero-order valence-corrected chi connectivity index (χ0v) is 11.6. The van der Waals surface area contributed by atoms with Gasteiger partial charge >= 0.3 is 0 Å². The van der Waals surface area contributed by atoms with Crippen molar-refractivity contribution < 1.29 is 4.42 Å². The molecular weight excluding hydrogens is 236 g/mol. The maximum absolute atomic E-state index is 5.55. The summed E-state index contributed by atoms with van der Waals surface area (Å²) in [7, 11) is 0. The number of rotatable bonds is 7. The first kappa shape index (κ1) is 12.0. The average Bonchev–Trinajstić information content (AvgIpc) is 3.29. The zero-order valence-electron chi connectivity index (χ0n) is 11.6. The molecule has 1 N–H and O–H groups in total. The van der Waals surface area contributed by atoms with Crippen LogP contribution in [0.4, 0.5) is 0 Å². The summed E-state index contributed by atoms with van der Waals surface area (Å²) in [6, 6.07) is 6.60. The summed E-state index contributed by atoms with van der Waals surface area (Å²) in [5, 5.41) is 3.71. The Balaban J connectivity index is 1.36. The van der Waals surface area contributed by atoms with Gasteiger partial charge in [-0.1, -0.05) is 0 Å². The van der Waals surface area contributed by atoms with E-state index in [1.165, 1.54) is 45.1 Å². The van der Waals surface area contributed by atoms with Gasteiger partial charge in [-0.05, 0) is 63.1 Å². The Bertz CT molecular complexity index is 408. The third-order valence-electron chi connectivity index (χ3n) is 4.98. The zero-order chi connectivity index (χ0) is 12.7. The number of hydrogen-bond acceptors (Lipinski definition) is 3. The molecule has 3 heteroatoms. The van der Waals surface area contributed by atoms with Gasteiger partial charge in [-0.3, -0.25) is 4.90 Å². The highest BCUT2D eigenvalue weighted by Crippen LogP contribution is 2.40. The van der Waals surface area contributed by atoms with E-state index in [1.54, 1.807) is 6.26 Å². The summed E-state index contributed by atoms with van der Waals surface area (Å²) in [6.07, 6.45) is 10.2. The molecule has 0 amide bonds. The van der Waals surface area contributed by atoms with Crippen molar-refractivity contribution in [1.29, 1.82) is 0 Å². The summed E-state index contributed by atoms with van der Waals surface area (Å²) in [6.45, 7) is 2.25. The fourth-order valence-corrected chi connectivity index (χ4v) is 3.34. The molecule has 2 unspecified atom stereocenters. The predicted molar refractivity (Wildman–Crippen MR) is 74.8 cm³/mol. The topological polar surface area (TPSA) is 28.4 Å². The average molecular weight is 260 g/mol. The largest absolute Gasteiger partial charge is 0.468 e. The van der Waals surface area contributed by atoms with Crippen LogP contribution in [0.25, 0.3) is 0 Å². The van der Waals surface area contributed by atoms with E-state index < -0.39 is 0 Å². The minimum atomic E-state index is 0.795. The molecule has 0 aliphatic heterocycles. The van der Waals surface area contributed by atoms with Crippen molar-refractivity contribution in [3.63, 3.8) is 0 Å². The van der Waals surface area contributed by atoms with E-state index in [9.17, 15) is 0 Å². The number of hydrogen-bond donors (Lipinski definition) is 1. The first-order valence-electron chi connectivity index (χ1n) is 7.91. The van der Waals surface area contributed by atoms with Crippen LogP contribution in [-0.2, 0) is 6.54 Å². The van der Waals surface area contributed by atoms with E-state index in [2.05, 4.69) is 16.3 Å². The highest BCUT2D eigenvalue weighted by molar-refractivity contribution is 5.03. The number of nitrogens with one attached hydrogen (secondary N) is 1. The Hall–Kier alpha value is -0.800. The Morgan fingerprint density at radius 1 is 1.16 bits per heavy atom. The molecule has 3 aliphatic rings. The minimum Gasteiger partial charge on any atom is -0.468 e. The van der Waals surface area contributed by atoms with Gasteiger partial charge in [-0.2, -0.15) is 0 Å². The van der Waals surface area contributed by atoms with Crippen LogP contribution in [0.1, 0.15) is 44.3 Å². The highest BCUT2D eigenvalue weighted by atomic mass is 16.3. The Labute approximate surface area is 115 Å². The maximum atomic E-state index is 5.55. The molecule has 3 saturated carbocycles. The Morgan fingerprint density at radius 2 is 2.05 bits per heavy atom. The lowest BCUT2D eigenvalue weighted by Crippen LogP contribution is -2.51. The maximum Gasteiger partial charge on any atom is 0.117 e. The summed E-state index contributed by atoms with van der Waals surface area (Å²) < 4.78 is 5.55. The highest BCUT2D eigenvalue weighted by Gasteiger charge is 2.42. The van der Waals surface area contributed by atoms with Gasteiger partial charge in [0.15, 0.2) is 0 Å². The summed E-state index contributed by atoms with van der Waals surface area (Å²) in [4.78, 5) is 2.72. The molecule has 3 nitrogen and oxygen atoms in total. The van der Waals surface area contributed by atoms with Crippen molar-refractivity contribution in [3.8, 4) is 0 Å². The van der Waals surface area contributed by atoms with Crippen molar-refractivity contribution in [2.75, 3.05) is 6.54 Å². The molecule has 1 aromatic rings. The lowest BCUT2D eigenvalue weighted by atomic mass is 9.78. The first-order valence-corrected chi connectivity index (χ1v) is 7.91. The Kier molecular flexibility index (Phi) is 3.12. The van der Waals surface area contributed by atoms with E-state index in [-0.39, 0.29) is 0 Å². The normalized spacial score (nSPS) is 30.6. The fourth-order valence-electron chi connectivity index (χ4n) is 3.34. The van der Waals surface area contributed by atoms with Gasteiger partial charge in [0, 0.05) is 18.1 Å². The summed E-state index contributed by atoms with van der Waals surface area (Å²) in [5.74, 6) is 2.00. The van der Waals surface area contributed by atoms with Crippen LogP contribution < -0.4 is 5.32 Å². The molecule has 0 bridgehead atoms. The molecule has 0 saturated heterocycles. The molecule has 2 atom stereocenters. The second kappa shape index (κ2) is 4.95. The molecular formula is C16H24N2O. The molecule has 19 heavy (non-hydrogen) atoms.